The van der Waals surface area contributed by atoms with Gasteiger partial charge >= 0.3 is 5.97 Å². The molecule has 3 aromatic rings. The zero-order chi connectivity index (χ0) is 26.0. The maximum absolute atomic E-state index is 13.4. The van der Waals surface area contributed by atoms with Crippen molar-refractivity contribution in [3.05, 3.63) is 99.9 Å². The number of esters is 1. The van der Waals surface area contributed by atoms with Gasteiger partial charge in [-0.15, -0.1) is 0 Å². The van der Waals surface area contributed by atoms with Crippen LogP contribution in [0.4, 0.5) is 10.1 Å². The first-order valence-electron chi connectivity index (χ1n) is 10.6. The number of anilines is 1. The van der Waals surface area contributed by atoms with Crippen LogP contribution >= 0.6 is 11.6 Å². The van der Waals surface area contributed by atoms with E-state index in [0.717, 1.165) is 0 Å². The van der Waals surface area contributed by atoms with Crippen LogP contribution < -0.4 is 9.62 Å². The molecule has 0 saturated carbocycles. The molecular formula is C25H20ClFN2O6S. The predicted octanol–water partition coefficient (Wildman–Crippen LogP) is 4.43. The lowest BCUT2D eigenvalue weighted by molar-refractivity contribution is -0.136. The number of carbonyl (C=O) groups excluding carboxylic acids is 2. The lowest BCUT2D eigenvalue weighted by Gasteiger charge is -2.17. The largest absolute Gasteiger partial charge is 0.465 e. The monoisotopic (exact) mass is 530 g/mol. The van der Waals surface area contributed by atoms with E-state index in [-0.39, 0.29) is 34.1 Å². The number of hydrogen-bond donors (Lipinski definition) is 1. The lowest BCUT2D eigenvalue weighted by Crippen LogP contribution is -2.24. The van der Waals surface area contributed by atoms with E-state index in [9.17, 15) is 22.4 Å². The number of hydrogen-bond acceptors (Lipinski definition) is 6. The van der Waals surface area contributed by atoms with Crippen LogP contribution in [0.5, 0.6) is 0 Å². The summed E-state index contributed by atoms with van der Waals surface area (Å²) in [6, 6.07) is 14.0. The first-order valence-corrected chi connectivity index (χ1v) is 12.4. The van der Waals surface area contributed by atoms with E-state index in [1.165, 1.54) is 72.7 Å². The van der Waals surface area contributed by atoms with Crippen LogP contribution in [0.25, 0.3) is 6.08 Å². The van der Waals surface area contributed by atoms with Crippen LogP contribution in [0.15, 0.2) is 86.8 Å². The Morgan fingerprint density at radius 1 is 1.11 bits per heavy atom. The third-order valence-corrected chi connectivity index (χ3v) is 7.07. The van der Waals surface area contributed by atoms with Crippen molar-refractivity contribution in [1.29, 1.82) is 0 Å². The Hall–Kier alpha value is -3.73. The van der Waals surface area contributed by atoms with Crippen molar-refractivity contribution in [3.8, 4) is 0 Å². The van der Waals surface area contributed by atoms with Gasteiger partial charge in [-0.1, -0.05) is 11.6 Å². The highest BCUT2D eigenvalue weighted by Crippen LogP contribution is 2.35. The molecule has 0 bridgehead atoms. The average Bonchev–Trinajstić information content (AvgIpc) is 3.40. The van der Waals surface area contributed by atoms with Gasteiger partial charge in [-0.05, 0) is 73.7 Å². The highest BCUT2D eigenvalue weighted by Gasteiger charge is 2.38. The summed E-state index contributed by atoms with van der Waals surface area (Å²) in [6.45, 7) is 1.43. The van der Waals surface area contributed by atoms with E-state index in [1.54, 1.807) is 13.0 Å². The standard InChI is InChI=1S/C25H20ClFN2O6S/c1-15-23(25(31)34-2)22(24(30)29(15)18-7-5-17(27)6-8-18)13-19-9-10-20(35-19)14-28-36(32,33)21-11-3-16(26)4-12-21/h3-13,28H,14H2,1-2H3/b22-13+. The number of carbonyl (C=O) groups is 2. The minimum atomic E-state index is -3.81. The number of ether oxygens (including phenoxy) is 1. The Labute approximate surface area is 211 Å². The number of nitrogens with zero attached hydrogens (tertiary/aromatic N) is 1. The third kappa shape index (κ3) is 5.11. The van der Waals surface area contributed by atoms with E-state index in [0.29, 0.717) is 16.4 Å². The molecule has 36 heavy (non-hydrogen) atoms. The van der Waals surface area contributed by atoms with Gasteiger partial charge in [0.2, 0.25) is 10.0 Å². The second-order valence-corrected chi connectivity index (χ2v) is 9.91. The van der Waals surface area contributed by atoms with Gasteiger partial charge in [-0.3, -0.25) is 9.69 Å². The maximum atomic E-state index is 13.4. The minimum absolute atomic E-state index is 0.0197. The molecule has 0 fully saturated rings. The zero-order valence-electron chi connectivity index (χ0n) is 19.1. The number of amides is 1. The van der Waals surface area contributed by atoms with E-state index in [2.05, 4.69) is 4.72 Å². The summed E-state index contributed by atoms with van der Waals surface area (Å²) in [4.78, 5) is 27.1. The minimum Gasteiger partial charge on any atom is -0.465 e. The summed E-state index contributed by atoms with van der Waals surface area (Å²) in [5.74, 6) is -1.22. The fourth-order valence-electron chi connectivity index (χ4n) is 3.65. The molecule has 1 aliphatic rings. The molecule has 11 heteroatoms. The van der Waals surface area contributed by atoms with Gasteiger partial charge in [0.25, 0.3) is 5.91 Å². The van der Waals surface area contributed by atoms with Gasteiger partial charge < -0.3 is 9.15 Å². The molecule has 0 unspecified atom stereocenters. The number of halogens is 2. The Kier molecular flexibility index (Phi) is 7.11. The van der Waals surface area contributed by atoms with E-state index < -0.39 is 27.7 Å². The van der Waals surface area contributed by atoms with Gasteiger partial charge in [-0.25, -0.2) is 22.3 Å². The molecule has 0 atom stereocenters. The van der Waals surface area contributed by atoms with Crippen LogP contribution in [0.1, 0.15) is 18.4 Å². The molecule has 1 aliphatic heterocycles. The van der Waals surface area contributed by atoms with Crippen LogP contribution in [-0.4, -0.2) is 27.4 Å². The SMILES string of the molecule is COC(=O)C1=C(C)N(c2ccc(F)cc2)C(=O)/C1=C/c1ccc(CNS(=O)(=O)c2ccc(Cl)cc2)o1. The van der Waals surface area contributed by atoms with Gasteiger partial charge in [-0.2, -0.15) is 0 Å². The van der Waals surface area contributed by atoms with Crippen molar-refractivity contribution in [2.45, 2.75) is 18.4 Å². The molecule has 0 spiro atoms. The topological polar surface area (TPSA) is 106 Å². The first kappa shape index (κ1) is 25.4. The van der Waals surface area contributed by atoms with Crippen molar-refractivity contribution in [3.63, 3.8) is 0 Å². The molecule has 0 saturated heterocycles. The molecule has 1 N–H and O–H groups in total. The van der Waals surface area contributed by atoms with Gasteiger partial charge in [0, 0.05) is 16.4 Å². The molecule has 186 valence electrons. The summed E-state index contributed by atoms with van der Waals surface area (Å²) in [6.07, 6.45) is 1.37. The lowest BCUT2D eigenvalue weighted by atomic mass is 10.1. The van der Waals surface area contributed by atoms with Gasteiger partial charge in [0.05, 0.1) is 29.7 Å². The zero-order valence-corrected chi connectivity index (χ0v) is 20.7. The van der Waals surface area contributed by atoms with Crippen LogP contribution in [-0.2, 0) is 30.9 Å². The number of rotatable bonds is 7. The molecule has 4 rings (SSSR count). The van der Waals surface area contributed by atoms with Gasteiger partial charge in [0.15, 0.2) is 0 Å². The Balaban J connectivity index is 1.59. The second-order valence-electron chi connectivity index (χ2n) is 7.71. The van der Waals surface area contributed by atoms with Gasteiger partial charge in [0.1, 0.15) is 17.3 Å². The number of nitrogens with one attached hydrogen (secondary N) is 1. The molecule has 0 aliphatic carbocycles. The molecule has 8 nitrogen and oxygen atoms in total. The molecule has 2 heterocycles. The number of furan rings is 1. The molecule has 1 amide bonds. The Morgan fingerprint density at radius 3 is 2.42 bits per heavy atom. The molecule has 2 aromatic carbocycles. The fraction of sp³-hybridized carbons (Fsp3) is 0.120. The average molecular weight is 531 g/mol. The van der Waals surface area contributed by atoms with Crippen molar-refractivity contribution in [2.75, 3.05) is 12.0 Å². The number of sulfonamides is 1. The predicted molar refractivity (Wildman–Crippen MR) is 131 cm³/mol. The number of methoxy groups -OCH3 is 1. The number of benzene rings is 2. The normalized spacial score (nSPS) is 15.2. The van der Waals surface area contributed by atoms with Crippen molar-refractivity contribution in [2.24, 2.45) is 0 Å². The second kappa shape index (κ2) is 10.1. The Morgan fingerprint density at radius 2 is 1.78 bits per heavy atom. The highest BCUT2D eigenvalue weighted by molar-refractivity contribution is 7.89. The summed E-state index contributed by atoms with van der Waals surface area (Å²) < 4.78 is 51.3. The molecular weight excluding hydrogens is 511 g/mol. The highest BCUT2D eigenvalue weighted by atomic mass is 35.5. The van der Waals surface area contributed by atoms with E-state index >= 15 is 0 Å². The van der Waals surface area contributed by atoms with E-state index in [1.807, 2.05) is 0 Å². The third-order valence-electron chi connectivity index (χ3n) is 5.40. The quantitative estimate of drug-likeness (QED) is 0.358. The summed E-state index contributed by atoms with van der Waals surface area (Å²) in [7, 11) is -2.61. The Bertz CT molecular complexity index is 1490. The van der Waals surface area contributed by atoms with Crippen LogP contribution in [0.2, 0.25) is 5.02 Å². The first-order chi connectivity index (χ1) is 17.1. The summed E-state index contributed by atoms with van der Waals surface area (Å²) >= 11 is 5.81. The van der Waals surface area contributed by atoms with Crippen molar-refractivity contribution < 1.29 is 31.6 Å². The van der Waals surface area contributed by atoms with Crippen molar-refractivity contribution >= 4 is 45.3 Å². The van der Waals surface area contributed by atoms with Crippen LogP contribution in [0.3, 0.4) is 0 Å². The maximum Gasteiger partial charge on any atom is 0.340 e. The molecule has 0 radical (unpaired) electrons. The summed E-state index contributed by atoms with van der Waals surface area (Å²) in [5, 5.41) is 0.410. The van der Waals surface area contributed by atoms with Crippen molar-refractivity contribution in [1.82, 2.24) is 4.72 Å². The number of allylic oxidation sites excluding steroid dienone is 1. The van der Waals surface area contributed by atoms with E-state index in [4.69, 9.17) is 20.8 Å². The summed E-state index contributed by atoms with van der Waals surface area (Å²) in [5.41, 5.74) is 0.743. The fourth-order valence-corrected chi connectivity index (χ4v) is 4.77. The van der Waals surface area contributed by atoms with Crippen LogP contribution in [0, 0.1) is 5.82 Å². The molecule has 1 aromatic heterocycles. The smallest absolute Gasteiger partial charge is 0.340 e.